The van der Waals surface area contributed by atoms with Crippen LogP contribution in [0.3, 0.4) is 0 Å². The van der Waals surface area contributed by atoms with E-state index in [0.29, 0.717) is 13.0 Å². The van der Waals surface area contributed by atoms with Crippen LogP contribution in [0.15, 0.2) is 0 Å². The second-order valence-electron chi connectivity index (χ2n) is 5.19. The number of hydrogen-bond donors (Lipinski definition) is 2. The van der Waals surface area contributed by atoms with Gasteiger partial charge in [-0.2, -0.15) is 13.2 Å². The predicted molar refractivity (Wildman–Crippen MR) is 71.3 cm³/mol. The monoisotopic (exact) mass is 309 g/mol. The number of carbonyl (C=O) groups excluding carboxylic acids is 2. The Bertz CT molecular complexity index is 361. The van der Waals surface area contributed by atoms with Crippen LogP contribution in [0.1, 0.15) is 38.5 Å². The van der Waals surface area contributed by atoms with Crippen molar-refractivity contribution in [3.8, 4) is 0 Å². The number of nitrogens with one attached hydrogen (secondary N) is 1. The zero-order valence-electron chi connectivity index (χ0n) is 11.9. The first-order valence-corrected chi connectivity index (χ1v) is 7.16. The standard InChI is InChI=1S/C13H22F3N3O2/c14-13(15,16)6-4-12(21)19-8-2-1-3-10(19)9-18-11(20)5-7-17/h10H,1-9,17H2,(H,18,20). The van der Waals surface area contributed by atoms with Crippen molar-refractivity contribution in [1.29, 1.82) is 0 Å². The van der Waals surface area contributed by atoms with E-state index in [2.05, 4.69) is 5.32 Å². The van der Waals surface area contributed by atoms with Crippen LogP contribution < -0.4 is 11.1 Å². The second-order valence-corrected chi connectivity index (χ2v) is 5.19. The average Bonchev–Trinajstić information content (AvgIpc) is 2.42. The van der Waals surface area contributed by atoms with E-state index in [1.54, 1.807) is 0 Å². The van der Waals surface area contributed by atoms with E-state index in [1.165, 1.54) is 4.90 Å². The van der Waals surface area contributed by atoms with Gasteiger partial charge in [-0.25, -0.2) is 0 Å². The SMILES string of the molecule is NCCC(=O)NCC1CCCCN1C(=O)CCC(F)(F)F. The number of piperidine rings is 1. The first-order valence-electron chi connectivity index (χ1n) is 7.16. The molecule has 0 spiro atoms. The van der Waals surface area contributed by atoms with Gasteiger partial charge in [-0.1, -0.05) is 0 Å². The normalized spacial score (nSPS) is 19.4. The first kappa shape index (κ1) is 17.7. The zero-order chi connectivity index (χ0) is 15.9. The molecule has 0 aromatic rings. The number of hydrogen-bond acceptors (Lipinski definition) is 3. The van der Waals surface area contributed by atoms with E-state index in [4.69, 9.17) is 5.73 Å². The van der Waals surface area contributed by atoms with E-state index in [9.17, 15) is 22.8 Å². The maximum Gasteiger partial charge on any atom is 0.389 e. The van der Waals surface area contributed by atoms with Gasteiger partial charge in [-0.3, -0.25) is 9.59 Å². The largest absolute Gasteiger partial charge is 0.389 e. The van der Waals surface area contributed by atoms with Crippen LogP contribution in [0.4, 0.5) is 13.2 Å². The summed E-state index contributed by atoms with van der Waals surface area (Å²) in [6.45, 7) is 0.968. The van der Waals surface area contributed by atoms with Crippen LogP contribution in [-0.2, 0) is 9.59 Å². The maximum atomic E-state index is 12.2. The highest BCUT2D eigenvalue weighted by molar-refractivity contribution is 5.77. The molecule has 1 fully saturated rings. The van der Waals surface area contributed by atoms with Crippen molar-refractivity contribution >= 4 is 11.8 Å². The molecule has 1 heterocycles. The van der Waals surface area contributed by atoms with Crippen LogP contribution >= 0.6 is 0 Å². The summed E-state index contributed by atoms with van der Waals surface area (Å²) in [5.41, 5.74) is 5.26. The molecule has 1 unspecified atom stereocenters. The number of amides is 2. The van der Waals surface area contributed by atoms with Gasteiger partial charge in [0.2, 0.25) is 11.8 Å². The van der Waals surface area contributed by atoms with Crippen molar-refractivity contribution in [2.24, 2.45) is 5.73 Å². The fourth-order valence-electron chi connectivity index (χ4n) is 2.38. The lowest BCUT2D eigenvalue weighted by atomic mass is 10.0. The Hall–Kier alpha value is -1.31. The minimum absolute atomic E-state index is 0.203. The molecule has 1 atom stereocenters. The molecule has 0 aromatic heterocycles. The molecule has 0 aliphatic carbocycles. The van der Waals surface area contributed by atoms with Gasteiger partial charge in [0, 0.05) is 38.5 Å². The van der Waals surface area contributed by atoms with Gasteiger partial charge in [0.05, 0.1) is 6.42 Å². The molecular formula is C13H22F3N3O2. The third-order valence-electron chi connectivity index (χ3n) is 3.48. The minimum atomic E-state index is -4.32. The van der Waals surface area contributed by atoms with Crippen molar-refractivity contribution in [1.82, 2.24) is 10.2 Å². The van der Waals surface area contributed by atoms with Crippen molar-refractivity contribution in [3.05, 3.63) is 0 Å². The number of rotatable bonds is 6. The van der Waals surface area contributed by atoms with Crippen LogP contribution in [0.25, 0.3) is 0 Å². The summed E-state index contributed by atoms with van der Waals surface area (Å²) in [6, 6.07) is -0.221. The molecule has 2 amide bonds. The lowest BCUT2D eigenvalue weighted by molar-refractivity contribution is -0.151. The Morgan fingerprint density at radius 2 is 1.95 bits per heavy atom. The summed E-state index contributed by atoms with van der Waals surface area (Å²) in [5, 5.41) is 2.68. The van der Waals surface area contributed by atoms with E-state index in [-0.39, 0.29) is 31.5 Å². The average molecular weight is 309 g/mol. The summed E-state index contributed by atoms with van der Waals surface area (Å²) in [6.07, 6.45) is -3.37. The van der Waals surface area contributed by atoms with Crippen LogP contribution in [0.5, 0.6) is 0 Å². The van der Waals surface area contributed by atoms with Gasteiger partial charge >= 0.3 is 6.18 Å². The smallest absolute Gasteiger partial charge is 0.354 e. The maximum absolute atomic E-state index is 12.2. The van der Waals surface area contributed by atoms with E-state index in [0.717, 1.165) is 12.8 Å². The Balaban J connectivity index is 2.48. The van der Waals surface area contributed by atoms with Gasteiger partial charge in [0.15, 0.2) is 0 Å². The molecule has 0 saturated carbocycles. The topological polar surface area (TPSA) is 75.4 Å². The molecule has 0 radical (unpaired) electrons. The summed E-state index contributed by atoms with van der Waals surface area (Å²) >= 11 is 0. The summed E-state index contributed by atoms with van der Waals surface area (Å²) in [5.74, 6) is -0.698. The van der Waals surface area contributed by atoms with E-state index in [1.807, 2.05) is 0 Å². The Kier molecular flexibility index (Phi) is 6.94. The van der Waals surface area contributed by atoms with Crippen molar-refractivity contribution in [2.75, 3.05) is 19.6 Å². The highest BCUT2D eigenvalue weighted by atomic mass is 19.4. The number of likely N-dealkylation sites (tertiary alicyclic amines) is 1. The number of alkyl halides is 3. The summed E-state index contributed by atoms with van der Waals surface area (Å²) in [7, 11) is 0. The molecule has 8 heteroatoms. The third kappa shape index (κ3) is 6.79. The Morgan fingerprint density at radius 1 is 1.24 bits per heavy atom. The molecule has 122 valence electrons. The van der Waals surface area contributed by atoms with Gasteiger partial charge < -0.3 is 16.0 Å². The lowest BCUT2D eigenvalue weighted by Gasteiger charge is -2.36. The van der Waals surface area contributed by atoms with Crippen molar-refractivity contribution in [2.45, 2.75) is 50.7 Å². The van der Waals surface area contributed by atoms with Gasteiger partial charge in [0.25, 0.3) is 0 Å². The van der Waals surface area contributed by atoms with Gasteiger partial charge in [0.1, 0.15) is 0 Å². The molecule has 0 bridgehead atoms. The fourth-order valence-corrected chi connectivity index (χ4v) is 2.38. The molecule has 1 aliphatic heterocycles. The molecular weight excluding hydrogens is 287 g/mol. The van der Waals surface area contributed by atoms with Gasteiger partial charge in [-0.15, -0.1) is 0 Å². The molecule has 0 aromatic carbocycles. The molecule has 1 aliphatic rings. The van der Waals surface area contributed by atoms with Crippen LogP contribution in [0, 0.1) is 0 Å². The zero-order valence-corrected chi connectivity index (χ0v) is 11.9. The van der Waals surface area contributed by atoms with Crippen LogP contribution in [-0.4, -0.2) is 48.6 Å². The Morgan fingerprint density at radius 3 is 2.57 bits per heavy atom. The van der Waals surface area contributed by atoms with E-state index >= 15 is 0 Å². The second kappa shape index (κ2) is 8.21. The van der Waals surface area contributed by atoms with Crippen molar-refractivity contribution < 1.29 is 22.8 Å². The molecule has 1 rings (SSSR count). The molecule has 21 heavy (non-hydrogen) atoms. The highest BCUT2D eigenvalue weighted by Gasteiger charge is 2.32. The number of nitrogens with two attached hydrogens (primary N) is 1. The highest BCUT2D eigenvalue weighted by Crippen LogP contribution is 2.24. The summed E-state index contributed by atoms with van der Waals surface area (Å²) < 4.78 is 36.5. The third-order valence-corrected chi connectivity index (χ3v) is 3.48. The molecule has 1 saturated heterocycles. The molecule has 5 nitrogen and oxygen atoms in total. The quantitative estimate of drug-likeness (QED) is 0.773. The lowest BCUT2D eigenvalue weighted by Crippen LogP contribution is -2.49. The van der Waals surface area contributed by atoms with Crippen molar-refractivity contribution in [3.63, 3.8) is 0 Å². The van der Waals surface area contributed by atoms with Crippen LogP contribution in [0.2, 0.25) is 0 Å². The fraction of sp³-hybridized carbons (Fsp3) is 0.846. The van der Waals surface area contributed by atoms with Gasteiger partial charge in [-0.05, 0) is 19.3 Å². The number of carbonyl (C=O) groups is 2. The Labute approximate surface area is 122 Å². The summed E-state index contributed by atoms with van der Waals surface area (Å²) in [4.78, 5) is 24.8. The number of nitrogens with zero attached hydrogens (tertiary/aromatic N) is 1. The number of halogens is 3. The van der Waals surface area contributed by atoms with E-state index < -0.39 is 24.9 Å². The molecule has 3 N–H and O–H groups in total. The minimum Gasteiger partial charge on any atom is -0.354 e. The predicted octanol–water partition coefficient (Wildman–Crippen LogP) is 1.18. The first-order chi connectivity index (χ1) is 9.83.